The molecule has 2 unspecified atom stereocenters. The van der Waals surface area contributed by atoms with Crippen molar-refractivity contribution in [1.82, 2.24) is 14.5 Å². The van der Waals surface area contributed by atoms with E-state index >= 15 is 0 Å². The normalized spacial score (nSPS) is 17.3. The maximum absolute atomic E-state index is 6.66. The molecule has 0 fully saturated rings. The lowest BCUT2D eigenvalue weighted by Gasteiger charge is -2.27. The summed E-state index contributed by atoms with van der Waals surface area (Å²) in [6.07, 6.45) is 12.5. The van der Waals surface area contributed by atoms with E-state index < -0.39 is 0 Å². The predicted octanol–water partition coefficient (Wildman–Crippen LogP) is 10.1. The smallest absolute Gasteiger partial charge is 0.147 e. The van der Waals surface area contributed by atoms with Gasteiger partial charge in [-0.15, -0.1) is 0 Å². The monoisotopic (exact) mass is 592 g/mol. The van der Waals surface area contributed by atoms with Crippen LogP contribution in [0, 0.1) is 0 Å². The van der Waals surface area contributed by atoms with E-state index in [1.165, 1.54) is 10.9 Å². The molecule has 0 radical (unpaired) electrons. The van der Waals surface area contributed by atoms with Crippen molar-refractivity contribution in [3.8, 4) is 5.69 Å². The molecule has 6 nitrogen and oxygen atoms in total. The lowest BCUT2D eigenvalue weighted by Crippen LogP contribution is -2.28. The molecule has 1 aliphatic carbocycles. The summed E-state index contributed by atoms with van der Waals surface area (Å²) in [5, 5.41) is 6.45. The molecular formula is C40H24N4O2. The standard InChI is InChI=1S/C40H24N4O2/c1-3-11-32-25(7-1)28-9-5-19-41-39(28)43(32)23-13-16-34-30(21-23)27-15-18-36-37(38(27)46-34)31-22-24(14-17-35(31)45-36)44-33-12-4-2-8-26(33)29-10-6-20-42-40(29)44/h1-22,26,33H. The van der Waals surface area contributed by atoms with Crippen molar-refractivity contribution in [2.45, 2.75) is 12.0 Å². The lowest BCUT2D eigenvalue weighted by atomic mass is 9.92. The Labute approximate surface area is 262 Å². The molecule has 0 N–H and O–H groups in total. The van der Waals surface area contributed by atoms with Crippen molar-refractivity contribution in [2.24, 2.45) is 0 Å². The highest BCUT2D eigenvalue weighted by Gasteiger charge is 2.38. The summed E-state index contributed by atoms with van der Waals surface area (Å²) in [7, 11) is 0. The predicted molar refractivity (Wildman–Crippen MR) is 184 cm³/mol. The van der Waals surface area contributed by atoms with Crippen LogP contribution in [0.4, 0.5) is 11.5 Å². The second kappa shape index (κ2) is 8.73. The van der Waals surface area contributed by atoms with E-state index in [0.29, 0.717) is 0 Å². The maximum atomic E-state index is 6.66. The van der Waals surface area contributed by atoms with Gasteiger partial charge >= 0.3 is 0 Å². The van der Waals surface area contributed by atoms with Crippen LogP contribution < -0.4 is 4.90 Å². The van der Waals surface area contributed by atoms with Gasteiger partial charge in [-0.2, -0.15) is 0 Å². The van der Waals surface area contributed by atoms with Gasteiger partial charge in [-0.1, -0.05) is 48.6 Å². The molecule has 5 aromatic heterocycles. The Bertz CT molecular complexity index is 2740. The fourth-order valence-corrected chi connectivity index (χ4v) is 7.85. The van der Waals surface area contributed by atoms with Crippen LogP contribution in [0.5, 0.6) is 0 Å². The fourth-order valence-electron chi connectivity index (χ4n) is 7.85. The topological polar surface area (TPSA) is 60.2 Å². The Kier molecular flexibility index (Phi) is 4.60. The van der Waals surface area contributed by atoms with E-state index in [2.05, 4.69) is 119 Å². The zero-order chi connectivity index (χ0) is 29.9. The van der Waals surface area contributed by atoms with E-state index in [9.17, 15) is 0 Å². The van der Waals surface area contributed by atoms with Crippen LogP contribution in [-0.4, -0.2) is 20.6 Å². The molecule has 2 atom stereocenters. The number of rotatable bonds is 2. The van der Waals surface area contributed by atoms with Gasteiger partial charge in [0.15, 0.2) is 0 Å². The molecule has 9 aromatic rings. The molecule has 216 valence electrons. The van der Waals surface area contributed by atoms with Crippen LogP contribution in [0.25, 0.3) is 71.5 Å². The average molecular weight is 593 g/mol. The Hall–Kier alpha value is -6.14. The first-order valence-electron chi connectivity index (χ1n) is 15.6. The number of pyridine rings is 2. The molecule has 0 amide bonds. The number of anilines is 2. The fraction of sp³-hybridized carbons (Fsp3) is 0.0500. The first-order chi connectivity index (χ1) is 22.8. The maximum Gasteiger partial charge on any atom is 0.147 e. The number of aromatic nitrogens is 3. The van der Waals surface area contributed by atoms with Crippen molar-refractivity contribution in [3.63, 3.8) is 0 Å². The molecule has 6 heterocycles. The van der Waals surface area contributed by atoms with E-state index in [-0.39, 0.29) is 12.0 Å². The van der Waals surface area contributed by atoms with E-state index in [4.69, 9.17) is 18.8 Å². The summed E-state index contributed by atoms with van der Waals surface area (Å²) in [5.41, 5.74) is 8.76. The minimum atomic E-state index is 0.172. The molecule has 4 aromatic carbocycles. The van der Waals surface area contributed by atoms with Crippen molar-refractivity contribution in [1.29, 1.82) is 0 Å². The minimum Gasteiger partial charge on any atom is -0.456 e. The molecule has 0 saturated heterocycles. The van der Waals surface area contributed by atoms with E-state index in [1.807, 2.05) is 24.5 Å². The number of allylic oxidation sites excluding steroid dienone is 2. The number of hydrogen-bond donors (Lipinski definition) is 0. The molecule has 1 aliphatic heterocycles. The lowest BCUT2D eigenvalue weighted by molar-refractivity contribution is 0.662. The van der Waals surface area contributed by atoms with Crippen LogP contribution >= 0.6 is 0 Å². The van der Waals surface area contributed by atoms with Crippen molar-refractivity contribution in [3.05, 3.63) is 139 Å². The largest absolute Gasteiger partial charge is 0.456 e. The third-order valence-electron chi connectivity index (χ3n) is 9.82. The van der Waals surface area contributed by atoms with Gasteiger partial charge in [-0.05, 0) is 72.8 Å². The van der Waals surface area contributed by atoms with Crippen LogP contribution in [0.2, 0.25) is 0 Å². The Morgan fingerprint density at radius 1 is 0.587 bits per heavy atom. The molecule has 6 heteroatoms. The van der Waals surface area contributed by atoms with Gasteiger partial charge in [0.1, 0.15) is 33.8 Å². The van der Waals surface area contributed by atoms with Crippen molar-refractivity contribution >= 4 is 77.3 Å². The SMILES string of the molecule is C1=CC2c3cccnc3N(c3ccc4oc5ccc6c7cc(-n8c9ccccc9c9cccnc98)ccc7oc6c5c4c3)C2C=C1. The summed E-state index contributed by atoms with van der Waals surface area (Å²) in [6, 6.07) is 34.0. The summed E-state index contributed by atoms with van der Waals surface area (Å²) in [6.45, 7) is 0. The second-order valence-corrected chi connectivity index (χ2v) is 12.2. The Balaban J connectivity index is 1.13. The van der Waals surface area contributed by atoms with Gasteiger partial charge < -0.3 is 13.7 Å². The van der Waals surface area contributed by atoms with Gasteiger partial charge in [-0.3, -0.25) is 4.57 Å². The quantitative estimate of drug-likeness (QED) is 0.200. The number of hydrogen-bond acceptors (Lipinski definition) is 5. The third kappa shape index (κ3) is 3.10. The highest BCUT2D eigenvalue weighted by atomic mass is 16.3. The van der Waals surface area contributed by atoms with Gasteiger partial charge in [0.25, 0.3) is 0 Å². The molecule has 11 rings (SSSR count). The number of para-hydroxylation sites is 1. The van der Waals surface area contributed by atoms with Crippen LogP contribution in [0.15, 0.2) is 143 Å². The summed E-state index contributed by atoms with van der Waals surface area (Å²) in [5.74, 6) is 1.27. The van der Waals surface area contributed by atoms with Gasteiger partial charge in [0.2, 0.25) is 0 Å². The minimum absolute atomic E-state index is 0.172. The Morgan fingerprint density at radius 3 is 2.35 bits per heavy atom. The van der Waals surface area contributed by atoms with Gasteiger partial charge in [-0.25, -0.2) is 9.97 Å². The van der Waals surface area contributed by atoms with Crippen molar-refractivity contribution < 1.29 is 8.83 Å². The summed E-state index contributed by atoms with van der Waals surface area (Å²) < 4.78 is 15.3. The van der Waals surface area contributed by atoms with Crippen molar-refractivity contribution in [2.75, 3.05) is 4.90 Å². The molecule has 0 bridgehead atoms. The zero-order valence-corrected chi connectivity index (χ0v) is 24.5. The molecule has 46 heavy (non-hydrogen) atoms. The van der Waals surface area contributed by atoms with Crippen LogP contribution in [0.1, 0.15) is 11.5 Å². The number of benzene rings is 4. The first-order valence-corrected chi connectivity index (χ1v) is 15.6. The molecule has 2 aliphatic rings. The Morgan fingerprint density at radius 2 is 1.37 bits per heavy atom. The third-order valence-corrected chi connectivity index (χ3v) is 9.82. The number of nitrogens with zero attached hydrogens (tertiary/aromatic N) is 4. The van der Waals surface area contributed by atoms with Crippen LogP contribution in [-0.2, 0) is 0 Å². The van der Waals surface area contributed by atoms with E-state index in [0.717, 1.165) is 77.6 Å². The average Bonchev–Trinajstić information content (AvgIpc) is 3.85. The van der Waals surface area contributed by atoms with E-state index in [1.54, 1.807) is 0 Å². The summed E-state index contributed by atoms with van der Waals surface area (Å²) >= 11 is 0. The summed E-state index contributed by atoms with van der Waals surface area (Å²) in [4.78, 5) is 12.0. The first kappa shape index (κ1) is 24.2. The highest BCUT2D eigenvalue weighted by molar-refractivity contribution is 6.22. The molecule has 0 saturated carbocycles. The number of fused-ring (bicyclic) bond motifs is 13. The zero-order valence-electron chi connectivity index (χ0n) is 24.5. The molecule has 0 spiro atoms. The number of furan rings is 2. The van der Waals surface area contributed by atoms with Crippen LogP contribution in [0.3, 0.4) is 0 Å². The molecular weight excluding hydrogens is 568 g/mol. The van der Waals surface area contributed by atoms with Gasteiger partial charge in [0, 0.05) is 62.2 Å². The highest BCUT2D eigenvalue weighted by Crippen LogP contribution is 2.48. The second-order valence-electron chi connectivity index (χ2n) is 12.2. The van der Waals surface area contributed by atoms with Gasteiger partial charge in [0.05, 0.1) is 16.9 Å².